The topological polar surface area (TPSA) is 60.9 Å². The first-order chi connectivity index (χ1) is 11.8. The lowest BCUT2D eigenvalue weighted by molar-refractivity contribution is -0.134. The molecular weight excluding hydrogens is 426 g/mol. The fraction of sp³-hybridized carbons (Fsp3) is 0.688. The molecule has 0 spiro atoms. The van der Waals surface area contributed by atoms with Crippen molar-refractivity contribution in [2.45, 2.75) is 19.0 Å². The van der Waals surface area contributed by atoms with Crippen LogP contribution in [-0.4, -0.2) is 86.3 Å². The van der Waals surface area contributed by atoms with Crippen molar-refractivity contribution in [2.75, 3.05) is 51.3 Å². The third kappa shape index (κ3) is 5.26. The van der Waals surface area contributed by atoms with Crippen LogP contribution < -0.4 is 0 Å². The molecule has 140 valence electrons. The van der Waals surface area contributed by atoms with Gasteiger partial charge in [0, 0.05) is 43.6 Å². The van der Waals surface area contributed by atoms with Crippen LogP contribution in [0.2, 0.25) is 0 Å². The Balaban J connectivity index is 1.43. The van der Waals surface area contributed by atoms with E-state index in [0.717, 1.165) is 29.8 Å². The van der Waals surface area contributed by atoms with Crippen molar-refractivity contribution in [3.05, 3.63) is 20.8 Å². The van der Waals surface area contributed by atoms with E-state index >= 15 is 0 Å². The van der Waals surface area contributed by atoms with Gasteiger partial charge in [-0.1, -0.05) is 0 Å². The van der Waals surface area contributed by atoms with Crippen LogP contribution in [0, 0.1) is 0 Å². The summed E-state index contributed by atoms with van der Waals surface area (Å²) in [5.41, 5.74) is 0. The van der Waals surface area contributed by atoms with Gasteiger partial charge in [0.05, 0.1) is 21.8 Å². The highest BCUT2D eigenvalue weighted by molar-refractivity contribution is 9.11. The zero-order chi connectivity index (χ0) is 18.0. The second kappa shape index (κ2) is 8.04. The zero-order valence-electron chi connectivity index (χ0n) is 14.4. The average Bonchev–Trinajstić information content (AvgIpc) is 3.12. The van der Waals surface area contributed by atoms with Gasteiger partial charge in [-0.15, -0.1) is 11.3 Å². The Morgan fingerprint density at radius 2 is 2.04 bits per heavy atom. The Bertz CT molecular complexity index is 714. The number of rotatable bonds is 5. The summed E-state index contributed by atoms with van der Waals surface area (Å²) in [4.78, 5) is 19.9. The molecule has 1 aromatic rings. The minimum absolute atomic E-state index is 0.141. The minimum atomic E-state index is -2.85. The van der Waals surface area contributed by atoms with Crippen LogP contribution in [0.4, 0.5) is 0 Å². The quantitative estimate of drug-likeness (QED) is 0.677. The maximum atomic E-state index is 12.5. The van der Waals surface area contributed by atoms with Crippen molar-refractivity contribution in [1.82, 2.24) is 14.7 Å². The van der Waals surface area contributed by atoms with E-state index in [-0.39, 0.29) is 17.7 Å². The summed E-state index contributed by atoms with van der Waals surface area (Å²) in [6, 6.07) is 4.24. The first kappa shape index (κ1) is 19.3. The number of hydrogen-bond acceptors (Lipinski definition) is 6. The summed E-state index contributed by atoms with van der Waals surface area (Å²) in [5, 5.41) is 0. The smallest absolute Gasteiger partial charge is 0.236 e. The number of carbonyl (C=O) groups is 1. The van der Waals surface area contributed by atoms with Crippen molar-refractivity contribution >= 4 is 43.0 Å². The highest BCUT2D eigenvalue weighted by Crippen LogP contribution is 2.23. The number of piperazine rings is 1. The van der Waals surface area contributed by atoms with E-state index in [1.165, 1.54) is 4.88 Å². The summed E-state index contributed by atoms with van der Waals surface area (Å²) >= 11 is 5.15. The molecule has 25 heavy (non-hydrogen) atoms. The molecule has 2 fully saturated rings. The van der Waals surface area contributed by atoms with E-state index in [1.54, 1.807) is 11.3 Å². The molecule has 3 heterocycles. The first-order valence-electron chi connectivity index (χ1n) is 8.47. The Hall–Kier alpha value is -0.480. The molecule has 0 saturated carbocycles. The number of sulfone groups is 1. The summed E-state index contributed by atoms with van der Waals surface area (Å²) < 4.78 is 24.4. The molecular formula is C16H24BrN3O3S2. The van der Waals surface area contributed by atoms with Crippen molar-refractivity contribution in [3.8, 4) is 0 Å². The van der Waals surface area contributed by atoms with Crippen LogP contribution in [0.25, 0.3) is 0 Å². The first-order valence-corrected chi connectivity index (χ1v) is 11.9. The van der Waals surface area contributed by atoms with Gasteiger partial charge in [0.1, 0.15) is 0 Å². The predicted octanol–water partition coefficient (Wildman–Crippen LogP) is 1.27. The van der Waals surface area contributed by atoms with Gasteiger partial charge in [-0.05, 0) is 41.5 Å². The molecule has 0 N–H and O–H groups in total. The van der Waals surface area contributed by atoms with E-state index in [9.17, 15) is 13.2 Å². The number of hydrogen-bond donors (Lipinski definition) is 0. The maximum Gasteiger partial charge on any atom is 0.236 e. The monoisotopic (exact) mass is 449 g/mol. The Morgan fingerprint density at radius 3 is 2.60 bits per heavy atom. The van der Waals surface area contributed by atoms with Gasteiger partial charge in [0.15, 0.2) is 9.84 Å². The predicted molar refractivity (Wildman–Crippen MR) is 104 cm³/mol. The summed E-state index contributed by atoms with van der Waals surface area (Å²) in [6.45, 7) is 4.10. The van der Waals surface area contributed by atoms with Gasteiger partial charge in [-0.25, -0.2) is 8.42 Å². The van der Waals surface area contributed by atoms with Gasteiger partial charge in [0.25, 0.3) is 0 Å². The van der Waals surface area contributed by atoms with Gasteiger partial charge in [-0.2, -0.15) is 0 Å². The summed E-state index contributed by atoms with van der Waals surface area (Å²) in [5.74, 6) is 0.734. The largest absolute Gasteiger partial charge is 0.339 e. The van der Waals surface area contributed by atoms with E-state index in [0.29, 0.717) is 25.4 Å². The zero-order valence-corrected chi connectivity index (χ0v) is 17.6. The molecule has 1 aromatic heterocycles. The lowest BCUT2D eigenvalue weighted by Crippen LogP contribution is -2.53. The third-order valence-electron chi connectivity index (χ3n) is 4.85. The molecule has 0 radical (unpaired) electrons. The highest BCUT2D eigenvalue weighted by Gasteiger charge is 2.34. The number of nitrogens with zero attached hydrogens (tertiary/aromatic N) is 3. The number of amides is 1. The minimum Gasteiger partial charge on any atom is -0.339 e. The SMILES string of the molecule is CN(CC(=O)N1CCN(C2CCS(=O)(=O)C2)CC1)Cc1ccc(Br)s1. The van der Waals surface area contributed by atoms with Crippen LogP contribution in [0.1, 0.15) is 11.3 Å². The van der Waals surface area contributed by atoms with Gasteiger partial charge >= 0.3 is 0 Å². The van der Waals surface area contributed by atoms with E-state index < -0.39 is 9.84 Å². The Morgan fingerprint density at radius 1 is 1.32 bits per heavy atom. The van der Waals surface area contributed by atoms with Gasteiger partial charge in [0.2, 0.25) is 5.91 Å². The van der Waals surface area contributed by atoms with Crippen molar-refractivity contribution in [2.24, 2.45) is 0 Å². The molecule has 1 unspecified atom stereocenters. The van der Waals surface area contributed by atoms with Crippen LogP contribution in [0.5, 0.6) is 0 Å². The molecule has 0 aromatic carbocycles. The number of thiophene rings is 1. The van der Waals surface area contributed by atoms with Crippen LogP contribution in [0.3, 0.4) is 0 Å². The van der Waals surface area contributed by atoms with E-state index in [2.05, 4.69) is 26.9 Å². The molecule has 3 rings (SSSR count). The maximum absolute atomic E-state index is 12.5. The third-order valence-corrected chi connectivity index (χ3v) is 8.21. The van der Waals surface area contributed by atoms with Crippen molar-refractivity contribution < 1.29 is 13.2 Å². The number of halogens is 1. The highest BCUT2D eigenvalue weighted by atomic mass is 79.9. The summed E-state index contributed by atoms with van der Waals surface area (Å²) in [7, 11) is -0.886. The van der Waals surface area contributed by atoms with Crippen LogP contribution in [-0.2, 0) is 21.2 Å². The van der Waals surface area contributed by atoms with E-state index in [1.807, 2.05) is 22.9 Å². The molecule has 9 heteroatoms. The molecule has 1 amide bonds. The molecule has 6 nitrogen and oxygen atoms in total. The van der Waals surface area contributed by atoms with Crippen molar-refractivity contribution in [3.63, 3.8) is 0 Å². The Labute approximate surface area is 161 Å². The fourth-order valence-corrected chi connectivity index (χ4v) is 6.81. The van der Waals surface area contributed by atoms with Gasteiger partial charge < -0.3 is 4.90 Å². The average molecular weight is 450 g/mol. The second-order valence-electron chi connectivity index (χ2n) is 6.85. The number of likely N-dealkylation sites (N-methyl/N-ethyl adjacent to an activating group) is 1. The van der Waals surface area contributed by atoms with Crippen LogP contribution >= 0.6 is 27.3 Å². The second-order valence-corrected chi connectivity index (χ2v) is 11.6. The lowest BCUT2D eigenvalue weighted by Gasteiger charge is -2.38. The van der Waals surface area contributed by atoms with E-state index in [4.69, 9.17) is 0 Å². The lowest BCUT2D eigenvalue weighted by atomic mass is 10.2. The Kier molecular flexibility index (Phi) is 6.20. The standard InChI is InChI=1S/C16H24BrN3O3S2/c1-18(10-14-2-3-15(17)24-14)11-16(21)20-7-5-19(6-8-20)13-4-9-25(22,23)12-13/h2-3,13H,4-12H2,1H3. The molecule has 0 bridgehead atoms. The van der Waals surface area contributed by atoms with Crippen LogP contribution in [0.15, 0.2) is 15.9 Å². The number of carbonyl (C=O) groups excluding carboxylic acids is 1. The molecule has 2 aliphatic heterocycles. The molecule has 0 aliphatic carbocycles. The molecule has 2 aliphatic rings. The fourth-order valence-electron chi connectivity index (χ4n) is 3.49. The molecule has 2 saturated heterocycles. The summed E-state index contributed by atoms with van der Waals surface area (Å²) in [6.07, 6.45) is 0.732. The van der Waals surface area contributed by atoms with Gasteiger partial charge in [-0.3, -0.25) is 14.6 Å². The normalized spacial score (nSPS) is 24.1. The van der Waals surface area contributed by atoms with Crippen molar-refractivity contribution in [1.29, 1.82) is 0 Å². The molecule has 1 atom stereocenters.